The van der Waals surface area contributed by atoms with Crippen LogP contribution >= 0.6 is 11.6 Å². The molecule has 2 aromatic heterocycles. The van der Waals surface area contributed by atoms with Crippen molar-refractivity contribution >= 4 is 17.5 Å². The molecule has 130 valence electrons. The van der Waals surface area contributed by atoms with Crippen LogP contribution in [0.4, 0.5) is 0 Å². The minimum Gasteiger partial charge on any atom is -0.354 e. The molecule has 3 rings (SSSR count). The van der Waals surface area contributed by atoms with Crippen molar-refractivity contribution in [3.05, 3.63) is 71.1 Å². The number of halogens is 1. The molecule has 0 fully saturated rings. The first-order chi connectivity index (χ1) is 12.1. The Balaban J connectivity index is 1.65. The fourth-order valence-corrected chi connectivity index (χ4v) is 2.78. The zero-order chi connectivity index (χ0) is 17.6. The quantitative estimate of drug-likeness (QED) is 0.703. The third kappa shape index (κ3) is 4.93. The molecule has 6 nitrogen and oxygen atoms in total. The Labute approximate surface area is 150 Å². The van der Waals surface area contributed by atoms with Crippen LogP contribution in [0, 0.1) is 6.92 Å². The van der Waals surface area contributed by atoms with Crippen LogP contribution in [0.15, 0.2) is 53.3 Å². The van der Waals surface area contributed by atoms with Gasteiger partial charge in [-0.3, -0.25) is 4.79 Å². The summed E-state index contributed by atoms with van der Waals surface area (Å²) in [5.74, 6) is 0.923. The number of hydrogen-bond donors (Lipinski definition) is 1. The molecule has 0 radical (unpaired) electrons. The largest absolute Gasteiger partial charge is 0.354 e. The summed E-state index contributed by atoms with van der Waals surface area (Å²) in [6, 6.07) is 11.6. The van der Waals surface area contributed by atoms with Gasteiger partial charge in [0.25, 0.3) is 0 Å². The number of carbonyl (C=O) groups is 1. The van der Waals surface area contributed by atoms with Gasteiger partial charge < -0.3 is 14.4 Å². The van der Waals surface area contributed by atoms with Gasteiger partial charge >= 0.3 is 0 Å². The predicted molar refractivity (Wildman–Crippen MR) is 94.1 cm³/mol. The van der Waals surface area contributed by atoms with Crippen LogP contribution in [0.2, 0.25) is 5.02 Å². The molecule has 0 aliphatic heterocycles. The minimum atomic E-state index is -0.0667. The minimum absolute atomic E-state index is 0.0362. The number of benzene rings is 1. The molecule has 0 bridgehead atoms. The Kier molecular flexibility index (Phi) is 5.50. The second kappa shape index (κ2) is 7.98. The molecule has 1 aromatic carbocycles. The van der Waals surface area contributed by atoms with Crippen molar-refractivity contribution in [2.24, 2.45) is 0 Å². The van der Waals surface area contributed by atoms with Crippen molar-refractivity contribution in [3.8, 4) is 0 Å². The summed E-state index contributed by atoms with van der Waals surface area (Å²) in [6.07, 6.45) is 4.33. The molecule has 1 N–H and O–H groups in total. The lowest BCUT2D eigenvalue weighted by atomic mass is 9.95. The number of nitrogens with one attached hydrogen (secondary N) is 1. The van der Waals surface area contributed by atoms with Crippen molar-refractivity contribution in [2.45, 2.75) is 32.4 Å². The van der Waals surface area contributed by atoms with Crippen LogP contribution in [-0.4, -0.2) is 20.6 Å². The highest BCUT2D eigenvalue weighted by Gasteiger charge is 2.17. The number of carbonyl (C=O) groups excluding carboxylic acids is 1. The zero-order valence-corrected chi connectivity index (χ0v) is 14.6. The Morgan fingerprint density at radius 2 is 2.00 bits per heavy atom. The van der Waals surface area contributed by atoms with E-state index in [9.17, 15) is 4.79 Å². The van der Waals surface area contributed by atoms with Gasteiger partial charge in [-0.1, -0.05) is 28.9 Å². The molecule has 0 saturated heterocycles. The Morgan fingerprint density at radius 3 is 2.64 bits per heavy atom. The van der Waals surface area contributed by atoms with E-state index in [0.717, 1.165) is 5.56 Å². The molecule has 0 unspecified atom stereocenters. The lowest BCUT2D eigenvalue weighted by Crippen LogP contribution is -2.26. The van der Waals surface area contributed by atoms with Crippen LogP contribution in [-0.2, 0) is 17.9 Å². The lowest BCUT2D eigenvalue weighted by molar-refractivity contribution is -0.121. The SMILES string of the molecule is Cc1noc(CNC(=O)C[C@@H](Cn2cccc2)c2ccc(Cl)cc2)n1. The Morgan fingerprint density at radius 1 is 1.28 bits per heavy atom. The molecule has 0 aliphatic carbocycles. The molecular weight excluding hydrogens is 340 g/mol. The highest BCUT2D eigenvalue weighted by molar-refractivity contribution is 6.30. The van der Waals surface area contributed by atoms with Gasteiger partial charge in [-0.2, -0.15) is 4.98 Å². The van der Waals surface area contributed by atoms with E-state index in [0.29, 0.717) is 29.7 Å². The first kappa shape index (κ1) is 17.2. The van der Waals surface area contributed by atoms with Crippen molar-refractivity contribution in [2.75, 3.05) is 0 Å². The maximum atomic E-state index is 12.4. The summed E-state index contributed by atoms with van der Waals surface area (Å²) >= 11 is 5.98. The summed E-state index contributed by atoms with van der Waals surface area (Å²) in [6.45, 7) is 2.68. The van der Waals surface area contributed by atoms with Crippen LogP contribution in [0.25, 0.3) is 0 Å². The smallest absolute Gasteiger partial charge is 0.246 e. The second-order valence-corrected chi connectivity index (χ2v) is 6.28. The summed E-state index contributed by atoms with van der Waals surface area (Å²) in [5.41, 5.74) is 1.07. The number of aromatic nitrogens is 3. The summed E-state index contributed by atoms with van der Waals surface area (Å²) < 4.78 is 7.07. The normalized spacial score (nSPS) is 12.1. The molecule has 1 amide bonds. The molecule has 0 spiro atoms. The van der Waals surface area contributed by atoms with Crippen LogP contribution in [0.5, 0.6) is 0 Å². The topological polar surface area (TPSA) is 73.0 Å². The van der Waals surface area contributed by atoms with Gasteiger partial charge in [0.05, 0.1) is 6.54 Å². The summed E-state index contributed by atoms with van der Waals surface area (Å²) in [5, 5.41) is 7.22. The van der Waals surface area contributed by atoms with Gasteiger partial charge in [-0.15, -0.1) is 0 Å². The summed E-state index contributed by atoms with van der Waals surface area (Å²) in [7, 11) is 0. The van der Waals surface area contributed by atoms with Crippen molar-refractivity contribution in [1.82, 2.24) is 20.0 Å². The zero-order valence-electron chi connectivity index (χ0n) is 13.9. The van der Waals surface area contributed by atoms with Gasteiger partial charge in [0, 0.05) is 36.3 Å². The van der Waals surface area contributed by atoms with Gasteiger partial charge in [0.15, 0.2) is 5.82 Å². The second-order valence-electron chi connectivity index (χ2n) is 5.84. The van der Waals surface area contributed by atoms with E-state index in [1.54, 1.807) is 6.92 Å². The first-order valence-electron chi connectivity index (χ1n) is 8.02. The van der Waals surface area contributed by atoms with E-state index in [1.165, 1.54) is 0 Å². The van der Waals surface area contributed by atoms with E-state index >= 15 is 0 Å². The van der Waals surface area contributed by atoms with Gasteiger partial charge in [0.2, 0.25) is 11.8 Å². The van der Waals surface area contributed by atoms with E-state index in [2.05, 4.69) is 20.0 Å². The first-order valence-corrected chi connectivity index (χ1v) is 8.40. The molecule has 1 atom stereocenters. The molecule has 3 aromatic rings. The monoisotopic (exact) mass is 358 g/mol. The molecule has 25 heavy (non-hydrogen) atoms. The average molecular weight is 359 g/mol. The molecule has 7 heteroatoms. The summed E-state index contributed by atoms with van der Waals surface area (Å²) in [4.78, 5) is 16.4. The van der Waals surface area contributed by atoms with E-state index in [1.807, 2.05) is 48.8 Å². The number of nitrogens with zero attached hydrogens (tertiary/aromatic N) is 3. The standard InChI is InChI=1S/C18H19ClN4O2/c1-13-21-18(25-22-13)11-20-17(24)10-15(12-23-8-2-3-9-23)14-4-6-16(19)7-5-14/h2-9,15H,10-12H2,1H3,(H,20,24)/t15-/m0/s1. The van der Waals surface area contributed by atoms with Crippen LogP contribution < -0.4 is 5.32 Å². The van der Waals surface area contributed by atoms with Crippen LogP contribution in [0.3, 0.4) is 0 Å². The Hall–Kier alpha value is -2.60. The number of amides is 1. The predicted octanol–water partition coefficient (Wildman–Crippen LogP) is 3.32. The van der Waals surface area contributed by atoms with Crippen LogP contribution in [0.1, 0.15) is 29.6 Å². The molecule has 0 saturated carbocycles. The van der Waals surface area contributed by atoms with E-state index in [-0.39, 0.29) is 18.4 Å². The van der Waals surface area contributed by atoms with Crippen molar-refractivity contribution in [3.63, 3.8) is 0 Å². The fraction of sp³-hybridized carbons (Fsp3) is 0.278. The van der Waals surface area contributed by atoms with E-state index in [4.69, 9.17) is 16.1 Å². The van der Waals surface area contributed by atoms with Crippen molar-refractivity contribution in [1.29, 1.82) is 0 Å². The van der Waals surface area contributed by atoms with E-state index < -0.39 is 0 Å². The molecular formula is C18H19ClN4O2. The third-order valence-electron chi connectivity index (χ3n) is 3.88. The van der Waals surface area contributed by atoms with Gasteiger partial charge in [-0.25, -0.2) is 0 Å². The average Bonchev–Trinajstić information content (AvgIpc) is 3.25. The molecule has 2 heterocycles. The number of aryl methyl sites for hydroxylation is 1. The highest BCUT2D eigenvalue weighted by atomic mass is 35.5. The maximum absolute atomic E-state index is 12.4. The fourth-order valence-electron chi connectivity index (χ4n) is 2.65. The Bertz CT molecular complexity index is 812. The maximum Gasteiger partial charge on any atom is 0.246 e. The molecule has 0 aliphatic rings. The number of rotatable bonds is 7. The number of hydrogen-bond acceptors (Lipinski definition) is 4. The lowest BCUT2D eigenvalue weighted by Gasteiger charge is -2.18. The third-order valence-corrected chi connectivity index (χ3v) is 4.13. The highest BCUT2D eigenvalue weighted by Crippen LogP contribution is 2.24. The van der Waals surface area contributed by atoms with Gasteiger partial charge in [0.1, 0.15) is 0 Å². The van der Waals surface area contributed by atoms with Gasteiger partial charge in [-0.05, 0) is 36.8 Å². The van der Waals surface area contributed by atoms with Crippen molar-refractivity contribution < 1.29 is 9.32 Å².